The SMILES string of the molecule is Cc1ccc(Cn2cc(NC(=O)C3(C)Oc4ccc(C)cc4NC3=O)cn2)cc1. The first kappa shape index (κ1) is 18.7. The van der Waals surface area contributed by atoms with Gasteiger partial charge in [0.2, 0.25) is 0 Å². The van der Waals surface area contributed by atoms with Crippen LogP contribution in [0.4, 0.5) is 11.4 Å². The number of nitrogens with one attached hydrogen (secondary N) is 2. The Morgan fingerprint density at radius 1 is 1.17 bits per heavy atom. The maximum absolute atomic E-state index is 12.8. The molecule has 1 aliphatic rings. The fourth-order valence-corrected chi connectivity index (χ4v) is 3.13. The Kier molecular flexibility index (Phi) is 4.58. The first-order chi connectivity index (χ1) is 13.8. The molecule has 1 atom stereocenters. The van der Waals surface area contributed by atoms with Crippen LogP contribution in [0.1, 0.15) is 23.6 Å². The van der Waals surface area contributed by atoms with E-state index in [1.54, 1.807) is 29.2 Å². The smallest absolute Gasteiger partial charge is 0.278 e. The van der Waals surface area contributed by atoms with Crippen molar-refractivity contribution in [3.05, 3.63) is 71.5 Å². The molecule has 7 nitrogen and oxygen atoms in total. The molecule has 0 saturated carbocycles. The summed E-state index contributed by atoms with van der Waals surface area (Å²) >= 11 is 0. The minimum Gasteiger partial charge on any atom is -0.466 e. The van der Waals surface area contributed by atoms with Crippen molar-refractivity contribution in [2.24, 2.45) is 0 Å². The number of aryl methyl sites for hydroxylation is 2. The molecule has 2 N–H and O–H groups in total. The average molecular weight is 390 g/mol. The lowest BCUT2D eigenvalue weighted by Crippen LogP contribution is -2.56. The summed E-state index contributed by atoms with van der Waals surface area (Å²) in [7, 11) is 0. The molecule has 1 aliphatic heterocycles. The van der Waals surface area contributed by atoms with Gasteiger partial charge < -0.3 is 15.4 Å². The van der Waals surface area contributed by atoms with E-state index in [4.69, 9.17) is 4.74 Å². The van der Waals surface area contributed by atoms with Crippen LogP contribution in [0.15, 0.2) is 54.9 Å². The number of nitrogens with zero attached hydrogens (tertiary/aromatic N) is 2. The van der Waals surface area contributed by atoms with Crippen LogP contribution in [0.25, 0.3) is 0 Å². The minimum atomic E-state index is -1.68. The standard InChI is InChI=1S/C22H22N4O3/c1-14-4-7-16(8-5-14)12-26-13-17(11-23-26)24-20(27)22(3)21(28)25-18-10-15(2)6-9-19(18)29-22/h4-11,13H,12H2,1-3H3,(H,24,27)(H,25,28). The van der Waals surface area contributed by atoms with E-state index in [2.05, 4.69) is 15.7 Å². The second kappa shape index (κ2) is 7.09. The lowest BCUT2D eigenvalue weighted by Gasteiger charge is -2.33. The third-order valence-electron chi connectivity index (χ3n) is 4.92. The van der Waals surface area contributed by atoms with E-state index in [9.17, 15) is 9.59 Å². The van der Waals surface area contributed by atoms with E-state index in [1.165, 1.54) is 12.5 Å². The van der Waals surface area contributed by atoms with Crippen LogP contribution in [0.5, 0.6) is 5.75 Å². The molecule has 2 heterocycles. The average Bonchev–Trinajstić information content (AvgIpc) is 3.11. The molecule has 0 saturated heterocycles. The Labute approximate surface area is 168 Å². The van der Waals surface area contributed by atoms with Crippen LogP contribution in [0.2, 0.25) is 0 Å². The Morgan fingerprint density at radius 2 is 1.90 bits per heavy atom. The molecule has 2 amide bonds. The van der Waals surface area contributed by atoms with E-state index >= 15 is 0 Å². The van der Waals surface area contributed by atoms with Gasteiger partial charge >= 0.3 is 0 Å². The minimum absolute atomic E-state index is 0.461. The van der Waals surface area contributed by atoms with E-state index in [0.717, 1.165) is 11.1 Å². The highest BCUT2D eigenvalue weighted by Gasteiger charge is 2.47. The summed E-state index contributed by atoms with van der Waals surface area (Å²) in [5, 5.41) is 9.77. The number of rotatable bonds is 4. The lowest BCUT2D eigenvalue weighted by molar-refractivity contribution is -0.143. The molecule has 1 aromatic heterocycles. The van der Waals surface area contributed by atoms with Gasteiger partial charge in [0.25, 0.3) is 17.4 Å². The van der Waals surface area contributed by atoms with Gasteiger partial charge in [0, 0.05) is 6.20 Å². The molecule has 7 heteroatoms. The molecular formula is C22H22N4O3. The van der Waals surface area contributed by atoms with Gasteiger partial charge in [0.05, 0.1) is 24.1 Å². The number of hydrogen-bond donors (Lipinski definition) is 2. The van der Waals surface area contributed by atoms with E-state index in [-0.39, 0.29) is 0 Å². The van der Waals surface area contributed by atoms with Gasteiger partial charge in [0.1, 0.15) is 5.75 Å². The van der Waals surface area contributed by atoms with Crippen molar-refractivity contribution < 1.29 is 14.3 Å². The van der Waals surface area contributed by atoms with Crippen molar-refractivity contribution in [3.8, 4) is 5.75 Å². The first-order valence-electron chi connectivity index (χ1n) is 9.34. The Bertz CT molecular complexity index is 1090. The van der Waals surface area contributed by atoms with Gasteiger partial charge in [-0.15, -0.1) is 0 Å². The maximum Gasteiger partial charge on any atom is 0.278 e. The highest BCUT2D eigenvalue weighted by molar-refractivity contribution is 6.18. The molecule has 1 unspecified atom stereocenters. The molecular weight excluding hydrogens is 368 g/mol. The van der Waals surface area contributed by atoms with E-state index < -0.39 is 17.4 Å². The Morgan fingerprint density at radius 3 is 2.66 bits per heavy atom. The molecule has 0 bridgehead atoms. The topological polar surface area (TPSA) is 85.3 Å². The fraction of sp³-hybridized carbons (Fsp3) is 0.227. The second-order valence-corrected chi connectivity index (χ2v) is 7.46. The van der Waals surface area contributed by atoms with Crippen LogP contribution in [0, 0.1) is 13.8 Å². The fourth-order valence-electron chi connectivity index (χ4n) is 3.13. The number of amides is 2. The number of aromatic nitrogens is 2. The molecule has 0 spiro atoms. The Balaban J connectivity index is 1.47. The van der Waals surface area contributed by atoms with Crippen LogP contribution < -0.4 is 15.4 Å². The summed E-state index contributed by atoms with van der Waals surface area (Å²) in [4.78, 5) is 25.4. The molecule has 29 heavy (non-hydrogen) atoms. The number of carbonyl (C=O) groups excluding carboxylic acids is 2. The third kappa shape index (κ3) is 3.71. The van der Waals surface area contributed by atoms with Gasteiger partial charge in [-0.3, -0.25) is 14.3 Å². The molecule has 0 aliphatic carbocycles. The first-order valence-corrected chi connectivity index (χ1v) is 9.34. The quantitative estimate of drug-likeness (QED) is 0.670. The number of fused-ring (bicyclic) bond motifs is 1. The van der Waals surface area contributed by atoms with Crippen LogP contribution in [-0.2, 0) is 16.1 Å². The highest BCUT2D eigenvalue weighted by atomic mass is 16.5. The summed E-state index contributed by atoms with van der Waals surface area (Å²) in [5.74, 6) is -0.612. The van der Waals surface area contributed by atoms with Crippen molar-refractivity contribution >= 4 is 23.2 Å². The number of ether oxygens (including phenoxy) is 1. The number of hydrogen-bond acceptors (Lipinski definition) is 4. The molecule has 0 fully saturated rings. The van der Waals surface area contributed by atoms with Crippen molar-refractivity contribution in [2.45, 2.75) is 32.9 Å². The zero-order chi connectivity index (χ0) is 20.6. The third-order valence-corrected chi connectivity index (χ3v) is 4.92. The second-order valence-electron chi connectivity index (χ2n) is 7.46. The van der Waals surface area contributed by atoms with Gasteiger partial charge in [0.15, 0.2) is 0 Å². The normalized spacial score (nSPS) is 17.8. The summed E-state index contributed by atoms with van der Waals surface area (Å²) < 4.78 is 7.51. The predicted octanol–water partition coefficient (Wildman–Crippen LogP) is 3.28. The van der Waals surface area contributed by atoms with Gasteiger partial charge in [-0.1, -0.05) is 35.9 Å². The van der Waals surface area contributed by atoms with Crippen molar-refractivity contribution in [1.82, 2.24) is 9.78 Å². The van der Waals surface area contributed by atoms with Gasteiger partial charge in [-0.2, -0.15) is 5.10 Å². The monoisotopic (exact) mass is 390 g/mol. The summed E-state index contributed by atoms with van der Waals surface area (Å²) in [6.07, 6.45) is 3.27. The summed E-state index contributed by atoms with van der Waals surface area (Å²) in [6.45, 7) is 5.99. The maximum atomic E-state index is 12.8. The molecule has 2 aromatic carbocycles. The molecule has 3 aromatic rings. The number of carbonyl (C=O) groups is 2. The van der Waals surface area contributed by atoms with Crippen molar-refractivity contribution in [1.29, 1.82) is 0 Å². The van der Waals surface area contributed by atoms with Crippen LogP contribution >= 0.6 is 0 Å². The van der Waals surface area contributed by atoms with Gasteiger partial charge in [-0.25, -0.2) is 0 Å². The summed E-state index contributed by atoms with van der Waals surface area (Å²) in [6, 6.07) is 13.6. The molecule has 4 rings (SSSR count). The highest BCUT2D eigenvalue weighted by Crippen LogP contribution is 2.34. The van der Waals surface area contributed by atoms with Gasteiger partial charge in [-0.05, 0) is 44.0 Å². The molecule has 0 radical (unpaired) electrons. The number of benzene rings is 2. The molecule has 148 valence electrons. The lowest BCUT2D eigenvalue weighted by atomic mass is 10.0. The predicted molar refractivity (Wildman–Crippen MR) is 110 cm³/mol. The largest absolute Gasteiger partial charge is 0.466 e. The number of anilines is 2. The zero-order valence-electron chi connectivity index (χ0n) is 16.5. The Hall–Kier alpha value is -3.61. The van der Waals surface area contributed by atoms with E-state index in [0.29, 0.717) is 23.7 Å². The summed E-state index contributed by atoms with van der Waals surface area (Å²) in [5.41, 5.74) is 2.66. The van der Waals surface area contributed by atoms with Crippen molar-refractivity contribution in [3.63, 3.8) is 0 Å². The van der Waals surface area contributed by atoms with Crippen molar-refractivity contribution in [2.75, 3.05) is 10.6 Å². The van der Waals surface area contributed by atoms with Crippen LogP contribution in [0.3, 0.4) is 0 Å². The zero-order valence-corrected chi connectivity index (χ0v) is 16.5. The van der Waals surface area contributed by atoms with E-state index in [1.807, 2.05) is 44.2 Å². The van der Waals surface area contributed by atoms with Crippen LogP contribution in [-0.4, -0.2) is 27.2 Å².